The average molecular weight is 370 g/mol. The summed E-state index contributed by atoms with van der Waals surface area (Å²) in [4.78, 5) is 45.7. The molecule has 0 atom stereocenters. The second kappa shape index (κ2) is 14.1. The van der Waals surface area contributed by atoms with E-state index in [2.05, 4.69) is 21.7 Å². The Morgan fingerprint density at radius 3 is 1.15 bits per heavy atom. The van der Waals surface area contributed by atoms with Crippen molar-refractivity contribution < 1.29 is 19.2 Å². The van der Waals surface area contributed by atoms with Crippen molar-refractivity contribution in [3.63, 3.8) is 0 Å². The van der Waals surface area contributed by atoms with Crippen LogP contribution in [0.4, 0.5) is 0 Å². The van der Waals surface area contributed by atoms with Gasteiger partial charge in [0.05, 0.1) is 0 Å². The fourth-order valence-electron chi connectivity index (χ4n) is 1.95. The maximum Gasteiger partial charge on any atom is 0.240 e. The third kappa shape index (κ3) is 13.2. The van der Waals surface area contributed by atoms with Gasteiger partial charge in [0.1, 0.15) is 0 Å². The number of hydrogen-bond donors (Lipinski definition) is 4. The van der Waals surface area contributed by atoms with Gasteiger partial charge in [-0.15, -0.1) is 0 Å². The molecule has 0 aromatic heterocycles. The Morgan fingerprint density at radius 2 is 0.846 bits per heavy atom. The lowest BCUT2D eigenvalue weighted by Crippen LogP contribution is -2.43. The Morgan fingerprint density at radius 1 is 0.538 bits per heavy atom. The molecule has 0 fully saturated rings. The largest absolute Gasteiger partial charge is 0.273 e. The van der Waals surface area contributed by atoms with Crippen LogP contribution in [0.3, 0.4) is 0 Å². The zero-order valence-electron chi connectivity index (χ0n) is 16.4. The van der Waals surface area contributed by atoms with E-state index in [1.54, 1.807) is 27.7 Å². The van der Waals surface area contributed by atoms with Crippen molar-refractivity contribution in [3.8, 4) is 0 Å². The second-order valence-electron chi connectivity index (χ2n) is 7.01. The molecule has 0 saturated carbocycles. The highest BCUT2D eigenvalue weighted by atomic mass is 16.2. The van der Waals surface area contributed by atoms with Crippen molar-refractivity contribution in [1.29, 1.82) is 0 Å². The SMILES string of the molecule is CC(C)C(=O)NNC(=O)CCCCCCCCC(=O)NNC(=O)C(C)C. The topological polar surface area (TPSA) is 116 Å². The van der Waals surface area contributed by atoms with Crippen LogP contribution >= 0.6 is 0 Å². The molecule has 0 rings (SSSR count). The summed E-state index contributed by atoms with van der Waals surface area (Å²) in [5, 5.41) is 0. The van der Waals surface area contributed by atoms with Crippen molar-refractivity contribution in [2.45, 2.75) is 79.1 Å². The number of carbonyl (C=O) groups excluding carboxylic acids is 4. The van der Waals surface area contributed by atoms with Crippen LogP contribution < -0.4 is 21.7 Å². The molecule has 0 spiro atoms. The fourth-order valence-corrected chi connectivity index (χ4v) is 1.95. The average Bonchev–Trinajstić information content (AvgIpc) is 2.59. The minimum Gasteiger partial charge on any atom is -0.273 e. The van der Waals surface area contributed by atoms with Crippen LogP contribution in [-0.2, 0) is 19.2 Å². The molecule has 150 valence electrons. The normalized spacial score (nSPS) is 10.5. The van der Waals surface area contributed by atoms with E-state index in [4.69, 9.17) is 0 Å². The molecule has 26 heavy (non-hydrogen) atoms. The molecule has 0 heterocycles. The number of nitrogens with one attached hydrogen (secondary N) is 4. The highest BCUT2D eigenvalue weighted by Gasteiger charge is 2.09. The number of amides is 4. The summed E-state index contributed by atoms with van der Waals surface area (Å²) in [6.45, 7) is 7.03. The van der Waals surface area contributed by atoms with Crippen LogP contribution in [0, 0.1) is 11.8 Å². The number of unbranched alkanes of at least 4 members (excludes halogenated alkanes) is 5. The molecule has 8 heteroatoms. The molecule has 0 aliphatic carbocycles. The third-order valence-corrected chi connectivity index (χ3v) is 3.76. The van der Waals surface area contributed by atoms with Crippen LogP contribution in [0.2, 0.25) is 0 Å². The number of hydrazine groups is 2. The van der Waals surface area contributed by atoms with Gasteiger partial charge in [-0.25, -0.2) is 0 Å². The molecule has 0 aliphatic heterocycles. The first-order valence-corrected chi connectivity index (χ1v) is 9.41. The summed E-state index contributed by atoms with van der Waals surface area (Å²) in [6.07, 6.45) is 6.17. The standard InChI is InChI=1S/C18H34N4O4/c1-13(2)17(25)21-19-15(23)11-9-7-5-6-8-10-12-16(24)20-22-18(26)14(3)4/h13-14H,5-12H2,1-4H3,(H,19,23)(H,20,24)(H,21,25)(H,22,26). The van der Waals surface area contributed by atoms with Gasteiger partial charge in [0, 0.05) is 24.7 Å². The van der Waals surface area contributed by atoms with Gasteiger partial charge < -0.3 is 0 Å². The van der Waals surface area contributed by atoms with Crippen LogP contribution in [-0.4, -0.2) is 23.6 Å². The zero-order chi connectivity index (χ0) is 19.9. The summed E-state index contributed by atoms with van der Waals surface area (Å²) in [6, 6.07) is 0. The Balaban J connectivity index is 3.48. The number of rotatable bonds is 11. The molecule has 0 aromatic rings. The van der Waals surface area contributed by atoms with Gasteiger partial charge in [0.2, 0.25) is 23.6 Å². The molecule has 0 radical (unpaired) electrons. The minimum absolute atomic E-state index is 0.163. The third-order valence-electron chi connectivity index (χ3n) is 3.76. The summed E-state index contributed by atoms with van der Waals surface area (Å²) in [5.74, 6) is -1.09. The minimum atomic E-state index is -0.203. The smallest absolute Gasteiger partial charge is 0.240 e. The fraction of sp³-hybridized carbons (Fsp3) is 0.778. The van der Waals surface area contributed by atoms with E-state index >= 15 is 0 Å². The lowest BCUT2D eigenvalue weighted by Gasteiger charge is -2.09. The number of hydrogen-bond acceptors (Lipinski definition) is 4. The lowest BCUT2D eigenvalue weighted by atomic mass is 10.1. The Bertz CT molecular complexity index is 422. The van der Waals surface area contributed by atoms with Crippen LogP contribution in [0.5, 0.6) is 0 Å². The molecule has 0 bridgehead atoms. The molecule has 0 saturated heterocycles. The van der Waals surface area contributed by atoms with E-state index < -0.39 is 0 Å². The van der Waals surface area contributed by atoms with Crippen molar-refractivity contribution in [2.24, 2.45) is 11.8 Å². The second-order valence-corrected chi connectivity index (χ2v) is 7.01. The first-order chi connectivity index (χ1) is 12.2. The quantitative estimate of drug-likeness (QED) is 0.327. The van der Waals surface area contributed by atoms with Gasteiger partial charge in [-0.1, -0.05) is 53.4 Å². The molecule has 4 amide bonds. The van der Waals surface area contributed by atoms with Crippen molar-refractivity contribution in [3.05, 3.63) is 0 Å². The van der Waals surface area contributed by atoms with E-state index in [0.717, 1.165) is 38.5 Å². The summed E-state index contributed by atoms with van der Waals surface area (Å²) >= 11 is 0. The predicted octanol–water partition coefficient (Wildman–Crippen LogP) is 1.71. The first kappa shape index (κ1) is 23.9. The molecular weight excluding hydrogens is 336 g/mol. The van der Waals surface area contributed by atoms with Crippen LogP contribution in [0.1, 0.15) is 79.1 Å². The van der Waals surface area contributed by atoms with Gasteiger partial charge in [0.25, 0.3) is 0 Å². The van der Waals surface area contributed by atoms with Gasteiger partial charge in [-0.05, 0) is 12.8 Å². The summed E-state index contributed by atoms with van der Waals surface area (Å²) < 4.78 is 0. The molecule has 8 nitrogen and oxygen atoms in total. The van der Waals surface area contributed by atoms with Gasteiger partial charge in [0.15, 0.2) is 0 Å². The van der Waals surface area contributed by atoms with E-state index in [0.29, 0.717) is 12.8 Å². The van der Waals surface area contributed by atoms with E-state index in [1.165, 1.54) is 0 Å². The van der Waals surface area contributed by atoms with Crippen molar-refractivity contribution in [2.75, 3.05) is 0 Å². The molecule has 0 unspecified atom stereocenters. The van der Waals surface area contributed by atoms with E-state index in [-0.39, 0.29) is 35.5 Å². The predicted molar refractivity (Wildman–Crippen MR) is 99.2 cm³/mol. The number of carbonyl (C=O) groups is 4. The van der Waals surface area contributed by atoms with Crippen LogP contribution in [0.25, 0.3) is 0 Å². The molecule has 4 N–H and O–H groups in total. The van der Waals surface area contributed by atoms with Gasteiger partial charge in [-0.2, -0.15) is 0 Å². The highest BCUT2D eigenvalue weighted by Crippen LogP contribution is 2.08. The maximum absolute atomic E-state index is 11.5. The molecule has 0 aliphatic rings. The monoisotopic (exact) mass is 370 g/mol. The Hall–Kier alpha value is -2.12. The van der Waals surface area contributed by atoms with Crippen molar-refractivity contribution >= 4 is 23.6 Å². The Kier molecular flexibility index (Phi) is 12.9. The zero-order valence-corrected chi connectivity index (χ0v) is 16.4. The van der Waals surface area contributed by atoms with Gasteiger partial charge >= 0.3 is 0 Å². The van der Waals surface area contributed by atoms with E-state index in [9.17, 15) is 19.2 Å². The first-order valence-electron chi connectivity index (χ1n) is 9.41. The molecule has 0 aromatic carbocycles. The van der Waals surface area contributed by atoms with Crippen molar-refractivity contribution in [1.82, 2.24) is 21.7 Å². The molecular formula is C18H34N4O4. The Labute approximate surface area is 156 Å². The van der Waals surface area contributed by atoms with E-state index in [1.807, 2.05) is 0 Å². The lowest BCUT2D eigenvalue weighted by molar-refractivity contribution is -0.130. The summed E-state index contributed by atoms with van der Waals surface area (Å²) in [5.41, 5.74) is 9.57. The maximum atomic E-state index is 11.5. The van der Waals surface area contributed by atoms with Gasteiger partial charge in [-0.3, -0.25) is 40.9 Å². The highest BCUT2D eigenvalue weighted by molar-refractivity contribution is 5.83. The summed E-state index contributed by atoms with van der Waals surface area (Å²) in [7, 11) is 0. The van der Waals surface area contributed by atoms with Crippen LogP contribution in [0.15, 0.2) is 0 Å².